The number of nitrogens with zero attached hydrogens (tertiary/aromatic N) is 2. The maximum atomic E-state index is 12.3. The molecule has 2 saturated heterocycles. The molecule has 8 heteroatoms. The number of benzene rings is 1. The fourth-order valence-electron chi connectivity index (χ4n) is 3.18. The van der Waals surface area contributed by atoms with Gasteiger partial charge < -0.3 is 20.4 Å². The van der Waals surface area contributed by atoms with E-state index in [1.807, 2.05) is 34.1 Å². The van der Waals surface area contributed by atoms with E-state index in [1.165, 1.54) is 0 Å². The van der Waals surface area contributed by atoms with Crippen molar-refractivity contribution in [2.75, 3.05) is 52.4 Å². The van der Waals surface area contributed by atoms with Gasteiger partial charge in [-0.25, -0.2) is 0 Å². The van der Waals surface area contributed by atoms with Crippen molar-refractivity contribution in [2.24, 2.45) is 0 Å². The molecule has 0 aliphatic carbocycles. The molecule has 2 N–H and O–H groups in total. The average Bonchev–Trinajstić information content (AvgIpc) is 2.65. The second kappa shape index (κ2) is 11.4. The van der Waals surface area contributed by atoms with Gasteiger partial charge in [0.2, 0.25) is 11.8 Å². The number of nitrogens with one attached hydrogen (secondary N) is 2. The van der Waals surface area contributed by atoms with Gasteiger partial charge in [0.25, 0.3) is 0 Å². The Morgan fingerprint density at radius 1 is 0.692 bits per heavy atom. The normalized spacial score (nSPS) is 17.1. The number of halogens is 2. The first-order valence-electron chi connectivity index (χ1n) is 8.77. The smallest absolute Gasteiger partial charge is 0.227 e. The van der Waals surface area contributed by atoms with E-state index in [2.05, 4.69) is 10.6 Å². The van der Waals surface area contributed by atoms with Crippen LogP contribution >= 0.6 is 24.8 Å². The molecule has 146 valence electrons. The van der Waals surface area contributed by atoms with Gasteiger partial charge in [-0.3, -0.25) is 9.59 Å². The van der Waals surface area contributed by atoms with Gasteiger partial charge in [-0.1, -0.05) is 24.3 Å². The highest BCUT2D eigenvalue weighted by molar-refractivity contribution is 5.85. The van der Waals surface area contributed by atoms with E-state index in [-0.39, 0.29) is 36.6 Å². The molecule has 2 fully saturated rings. The first kappa shape index (κ1) is 22.7. The number of piperazine rings is 2. The maximum absolute atomic E-state index is 12.3. The first-order valence-corrected chi connectivity index (χ1v) is 8.77. The van der Waals surface area contributed by atoms with Crippen LogP contribution in [0.5, 0.6) is 0 Å². The predicted octanol–water partition coefficient (Wildman–Crippen LogP) is 0.479. The van der Waals surface area contributed by atoms with Gasteiger partial charge in [0.1, 0.15) is 0 Å². The molecule has 0 saturated carbocycles. The summed E-state index contributed by atoms with van der Waals surface area (Å²) in [4.78, 5) is 28.4. The number of hydrogen-bond donors (Lipinski definition) is 2. The topological polar surface area (TPSA) is 64.7 Å². The standard InChI is InChI=1S/C18H26N4O2.2ClH/c23-17(21-9-5-19-6-10-21)13-15-1-2-16(4-3-15)14-18(24)22-11-7-20-8-12-22;;/h1-4,19-20H,5-14H2;2*1H. The Balaban J connectivity index is 0.00000169. The van der Waals surface area contributed by atoms with Crippen molar-refractivity contribution in [2.45, 2.75) is 12.8 Å². The summed E-state index contributed by atoms with van der Waals surface area (Å²) in [5, 5.41) is 6.50. The fourth-order valence-corrected chi connectivity index (χ4v) is 3.18. The summed E-state index contributed by atoms with van der Waals surface area (Å²) in [6, 6.07) is 7.89. The molecular weight excluding hydrogens is 375 g/mol. The zero-order chi connectivity index (χ0) is 16.8. The second-order valence-electron chi connectivity index (χ2n) is 6.43. The van der Waals surface area contributed by atoms with Crippen molar-refractivity contribution >= 4 is 36.6 Å². The molecular formula is C18H28Cl2N4O2. The highest BCUT2D eigenvalue weighted by Crippen LogP contribution is 2.09. The Kier molecular flexibility index (Phi) is 9.94. The van der Waals surface area contributed by atoms with Crippen molar-refractivity contribution in [1.29, 1.82) is 0 Å². The van der Waals surface area contributed by atoms with E-state index in [0.717, 1.165) is 63.5 Å². The minimum Gasteiger partial charge on any atom is -0.340 e. The van der Waals surface area contributed by atoms with E-state index >= 15 is 0 Å². The third kappa shape index (κ3) is 6.43. The lowest BCUT2D eigenvalue weighted by Crippen LogP contribution is -2.47. The van der Waals surface area contributed by atoms with Crippen molar-refractivity contribution in [1.82, 2.24) is 20.4 Å². The second-order valence-corrected chi connectivity index (χ2v) is 6.43. The monoisotopic (exact) mass is 402 g/mol. The largest absolute Gasteiger partial charge is 0.340 e. The van der Waals surface area contributed by atoms with Gasteiger partial charge >= 0.3 is 0 Å². The van der Waals surface area contributed by atoms with E-state index in [0.29, 0.717) is 12.8 Å². The van der Waals surface area contributed by atoms with Crippen LogP contribution < -0.4 is 10.6 Å². The highest BCUT2D eigenvalue weighted by atomic mass is 35.5. The molecule has 0 radical (unpaired) electrons. The predicted molar refractivity (Wildman–Crippen MR) is 107 cm³/mol. The van der Waals surface area contributed by atoms with Gasteiger partial charge in [0.05, 0.1) is 12.8 Å². The summed E-state index contributed by atoms with van der Waals surface area (Å²) in [5.74, 6) is 0.363. The minimum atomic E-state index is 0. The van der Waals surface area contributed by atoms with E-state index in [9.17, 15) is 9.59 Å². The van der Waals surface area contributed by atoms with E-state index in [4.69, 9.17) is 0 Å². The Morgan fingerprint density at radius 2 is 1.00 bits per heavy atom. The molecule has 1 aromatic carbocycles. The zero-order valence-electron chi connectivity index (χ0n) is 14.9. The third-order valence-corrected chi connectivity index (χ3v) is 4.67. The fraction of sp³-hybridized carbons (Fsp3) is 0.556. The van der Waals surface area contributed by atoms with Crippen LogP contribution in [0.4, 0.5) is 0 Å². The van der Waals surface area contributed by atoms with E-state index < -0.39 is 0 Å². The summed E-state index contributed by atoms with van der Waals surface area (Å²) in [7, 11) is 0. The maximum Gasteiger partial charge on any atom is 0.227 e. The first-order chi connectivity index (χ1) is 11.7. The highest BCUT2D eigenvalue weighted by Gasteiger charge is 2.18. The van der Waals surface area contributed by atoms with Crippen LogP contribution in [0.15, 0.2) is 24.3 Å². The number of carbonyl (C=O) groups excluding carboxylic acids is 2. The van der Waals surface area contributed by atoms with Crippen LogP contribution in [0, 0.1) is 0 Å². The Morgan fingerprint density at radius 3 is 1.31 bits per heavy atom. The SMILES string of the molecule is Cl.Cl.O=C(Cc1ccc(CC(=O)N2CCNCC2)cc1)N1CCNCC1. The number of rotatable bonds is 4. The molecule has 0 unspecified atom stereocenters. The molecule has 0 aromatic heterocycles. The van der Waals surface area contributed by atoms with Gasteiger partial charge in [-0.2, -0.15) is 0 Å². The van der Waals surface area contributed by atoms with Crippen molar-refractivity contribution in [3.63, 3.8) is 0 Å². The Bertz CT molecular complexity index is 520. The molecule has 2 amide bonds. The van der Waals surface area contributed by atoms with E-state index in [1.54, 1.807) is 0 Å². The average molecular weight is 403 g/mol. The van der Waals surface area contributed by atoms with Gasteiger partial charge in [0, 0.05) is 52.4 Å². The minimum absolute atomic E-state index is 0. The van der Waals surface area contributed by atoms with Crippen LogP contribution in [-0.4, -0.2) is 74.0 Å². The van der Waals surface area contributed by atoms with Crippen molar-refractivity contribution < 1.29 is 9.59 Å². The zero-order valence-corrected chi connectivity index (χ0v) is 16.5. The van der Waals surface area contributed by atoms with Crippen LogP contribution in [0.25, 0.3) is 0 Å². The summed E-state index contributed by atoms with van der Waals surface area (Å²) in [6.07, 6.45) is 0.873. The molecule has 1 aromatic rings. The molecule has 0 atom stereocenters. The lowest BCUT2D eigenvalue weighted by Gasteiger charge is -2.27. The van der Waals surface area contributed by atoms with Crippen molar-refractivity contribution in [3.05, 3.63) is 35.4 Å². The Labute approximate surface area is 167 Å². The number of amides is 2. The number of hydrogen-bond acceptors (Lipinski definition) is 4. The molecule has 26 heavy (non-hydrogen) atoms. The van der Waals surface area contributed by atoms with Gasteiger partial charge in [-0.05, 0) is 11.1 Å². The molecule has 2 aliphatic rings. The summed E-state index contributed by atoms with van der Waals surface area (Å²) >= 11 is 0. The molecule has 0 bridgehead atoms. The summed E-state index contributed by atoms with van der Waals surface area (Å²) < 4.78 is 0. The van der Waals surface area contributed by atoms with Crippen LogP contribution in [0.3, 0.4) is 0 Å². The van der Waals surface area contributed by atoms with Crippen LogP contribution in [-0.2, 0) is 22.4 Å². The van der Waals surface area contributed by atoms with Crippen LogP contribution in [0.1, 0.15) is 11.1 Å². The number of carbonyl (C=O) groups is 2. The summed E-state index contributed by atoms with van der Waals surface area (Å²) in [5.41, 5.74) is 2.02. The summed E-state index contributed by atoms with van der Waals surface area (Å²) in [6.45, 7) is 6.65. The van der Waals surface area contributed by atoms with Gasteiger partial charge in [-0.15, -0.1) is 24.8 Å². The molecule has 6 nitrogen and oxygen atoms in total. The third-order valence-electron chi connectivity index (χ3n) is 4.67. The molecule has 0 spiro atoms. The molecule has 2 aliphatic heterocycles. The molecule has 3 rings (SSSR count). The lowest BCUT2D eigenvalue weighted by molar-refractivity contribution is -0.131. The lowest BCUT2D eigenvalue weighted by atomic mass is 10.1. The quantitative estimate of drug-likeness (QED) is 0.768. The Hall–Kier alpha value is -1.34. The molecule has 2 heterocycles. The van der Waals surface area contributed by atoms with Gasteiger partial charge in [0.15, 0.2) is 0 Å². The van der Waals surface area contributed by atoms with Crippen molar-refractivity contribution in [3.8, 4) is 0 Å². The van der Waals surface area contributed by atoms with Crippen LogP contribution in [0.2, 0.25) is 0 Å².